The van der Waals surface area contributed by atoms with Crippen LogP contribution in [0.5, 0.6) is 0 Å². The maximum absolute atomic E-state index is 11.8. The molecule has 0 aromatic rings. The van der Waals surface area contributed by atoms with Gasteiger partial charge in [-0.05, 0) is 38.5 Å². The maximum Gasteiger partial charge on any atom is 0.250 e. The van der Waals surface area contributed by atoms with Gasteiger partial charge in [-0.25, -0.2) is 0 Å². The zero-order chi connectivity index (χ0) is 13.0. The van der Waals surface area contributed by atoms with Crippen LogP contribution in [0.25, 0.3) is 0 Å². The Morgan fingerprint density at radius 2 is 1.89 bits per heavy atom. The highest BCUT2D eigenvalue weighted by Gasteiger charge is 2.27. The van der Waals surface area contributed by atoms with Crippen molar-refractivity contribution in [2.45, 2.75) is 70.1 Å². The zero-order valence-electron chi connectivity index (χ0n) is 11.3. The van der Waals surface area contributed by atoms with E-state index in [0.29, 0.717) is 12.0 Å². The normalized spacial score (nSPS) is 24.6. The van der Waals surface area contributed by atoms with E-state index in [4.69, 9.17) is 0 Å². The molecule has 2 fully saturated rings. The molecular weight excluding hydrogens is 228 g/mol. The molecule has 2 unspecified atom stereocenters. The van der Waals surface area contributed by atoms with Crippen molar-refractivity contribution in [1.29, 1.82) is 0 Å². The predicted molar refractivity (Wildman–Crippen MR) is 71.2 cm³/mol. The zero-order valence-corrected chi connectivity index (χ0v) is 11.3. The molecule has 0 saturated heterocycles. The molecule has 18 heavy (non-hydrogen) atoms. The molecule has 0 spiro atoms. The molecule has 4 nitrogen and oxygen atoms in total. The minimum atomic E-state index is -0.925. The van der Waals surface area contributed by atoms with E-state index >= 15 is 0 Å². The van der Waals surface area contributed by atoms with E-state index in [2.05, 4.69) is 10.6 Å². The van der Waals surface area contributed by atoms with Crippen molar-refractivity contribution in [3.63, 3.8) is 0 Å². The van der Waals surface area contributed by atoms with E-state index in [1.54, 1.807) is 0 Å². The third-order valence-electron chi connectivity index (χ3n) is 4.11. The second-order valence-corrected chi connectivity index (χ2v) is 5.92. The Morgan fingerprint density at radius 1 is 1.22 bits per heavy atom. The average Bonchev–Trinajstić information content (AvgIpc) is 3.20. The van der Waals surface area contributed by atoms with Gasteiger partial charge in [0.1, 0.15) is 6.10 Å². The number of nitrogens with one attached hydrogen (secondary N) is 2. The summed E-state index contributed by atoms with van der Waals surface area (Å²) < 4.78 is 0. The molecule has 3 N–H and O–H groups in total. The molecule has 0 aromatic heterocycles. The molecule has 2 rings (SSSR count). The monoisotopic (exact) mass is 254 g/mol. The second-order valence-electron chi connectivity index (χ2n) is 5.92. The van der Waals surface area contributed by atoms with E-state index in [0.717, 1.165) is 6.54 Å². The highest BCUT2D eigenvalue weighted by molar-refractivity contribution is 5.81. The summed E-state index contributed by atoms with van der Waals surface area (Å²) in [6, 6.07) is 0.312. The summed E-state index contributed by atoms with van der Waals surface area (Å²) in [5.41, 5.74) is 0. The first-order valence-corrected chi connectivity index (χ1v) is 7.38. The van der Waals surface area contributed by atoms with E-state index in [1.165, 1.54) is 44.9 Å². The van der Waals surface area contributed by atoms with E-state index in [9.17, 15) is 9.90 Å². The quantitative estimate of drug-likeness (QED) is 0.667. The summed E-state index contributed by atoms with van der Waals surface area (Å²) in [5.74, 6) is 0.431. The smallest absolute Gasteiger partial charge is 0.250 e. The van der Waals surface area contributed by atoms with Crippen LogP contribution in [-0.4, -0.2) is 35.7 Å². The Labute approximate surface area is 110 Å². The van der Waals surface area contributed by atoms with Gasteiger partial charge in [-0.15, -0.1) is 0 Å². The van der Waals surface area contributed by atoms with Gasteiger partial charge in [-0.3, -0.25) is 4.79 Å². The van der Waals surface area contributed by atoms with Crippen molar-refractivity contribution in [2.24, 2.45) is 5.92 Å². The number of aliphatic hydroxyl groups excluding tert-OH is 1. The van der Waals surface area contributed by atoms with Crippen molar-refractivity contribution in [1.82, 2.24) is 10.6 Å². The number of aliphatic hydroxyl groups is 1. The Bertz CT molecular complexity index is 273. The van der Waals surface area contributed by atoms with Crippen molar-refractivity contribution in [3.8, 4) is 0 Å². The van der Waals surface area contributed by atoms with Gasteiger partial charge < -0.3 is 15.7 Å². The first kappa shape index (κ1) is 13.8. The molecule has 0 aliphatic heterocycles. The van der Waals surface area contributed by atoms with Gasteiger partial charge in [-0.2, -0.15) is 0 Å². The Hall–Kier alpha value is -0.610. The van der Waals surface area contributed by atoms with E-state index in [1.807, 2.05) is 6.92 Å². The number of rotatable bonds is 6. The van der Waals surface area contributed by atoms with Crippen LogP contribution in [0.2, 0.25) is 0 Å². The minimum absolute atomic E-state index is 0.160. The third-order valence-corrected chi connectivity index (χ3v) is 4.11. The third kappa shape index (κ3) is 4.25. The Kier molecular flexibility index (Phi) is 5.01. The molecule has 2 aliphatic carbocycles. The van der Waals surface area contributed by atoms with Crippen molar-refractivity contribution in [2.75, 3.05) is 6.54 Å². The lowest BCUT2D eigenvalue weighted by atomic mass is 9.94. The summed E-state index contributed by atoms with van der Waals surface area (Å²) >= 11 is 0. The standard InChI is InChI=1S/C14H26N2O2/c1-10(16-12-5-3-2-4-6-12)13(17)14(18)15-9-11-7-8-11/h10-13,16-17H,2-9H2,1H3,(H,15,18). The summed E-state index contributed by atoms with van der Waals surface area (Å²) in [6.07, 6.45) is 7.67. The van der Waals surface area contributed by atoms with Gasteiger partial charge in [0, 0.05) is 18.6 Å². The molecule has 0 bridgehead atoms. The number of amides is 1. The molecule has 104 valence electrons. The Balaban J connectivity index is 1.68. The lowest BCUT2D eigenvalue weighted by molar-refractivity contribution is -0.130. The SMILES string of the molecule is CC(NC1CCCCC1)C(O)C(=O)NCC1CC1. The Morgan fingerprint density at radius 3 is 2.50 bits per heavy atom. The van der Waals surface area contributed by atoms with Crippen molar-refractivity contribution < 1.29 is 9.90 Å². The minimum Gasteiger partial charge on any atom is -0.382 e. The summed E-state index contributed by atoms with van der Waals surface area (Å²) in [7, 11) is 0. The fourth-order valence-electron chi connectivity index (χ4n) is 2.63. The molecule has 1 amide bonds. The van der Waals surface area contributed by atoms with Crippen LogP contribution in [0.15, 0.2) is 0 Å². The van der Waals surface area contributed by atoms with Crippen molar-refractivity contribution in [3.05, 3.63) is 0 Å². The first-order valence-electron chi connectivity index (χ1n) is 7.38. The predicted octanol–water partition coefficient (Wildman–Crippen LogP) is 1.18. The van der Waals surface area contributed by atoms with Crippen LogP contribution in [0.4, 0.5) is 0 Å². The maximum atomic E-state index is 11.8. The van der Waals surface area contributed by atoms with Gasteiger partial charge in [0.2, 0.25) is 5.91 Å². The van der Waals surface area contributed by atoms with Crippen LogP contribution >= 0.6 is 0 Å². The van der Waals surface area contributed by atoms with Crippen LogP contribution < -0.4 is 10.6 Å². The second kappa shape index (κ2) is 6.53. The molecule has 0 aromatic carbocycles. The van der Waals surface area contributed by atoms with Gasteiger partial charge in [0.25, 0.3) is 0 Å². The van der Waals surface area contributed by atoms with E-state index in [-0.39, 0.29) is 11.9 Å². The van der Waals surface area contributed by atoms with Gasteiger partial charge in [0.15, 0.2) is 0 Å². The molecule has 0 heterocycles. The summed E-state index contributed by atoms with van der Waals surface area (Å²) in [6.45, 7) is 2.63. The largest absolute Gasteiger partial charge is 0.382 e. The molecular formula is C14H26N2O2. The molecule has 2 aliphatic rings. The number of hydrogen-bond acceptors (Lipinski definition) is 3. The molecule has 2 saturated carbocycles. The van der Waals surface area contributed by atoms with Gasteiger partial charge in [0.05, 0.1) is 0 Å². The van der Waals surface area contributed by atoms with Crippen LogP contribution in [0, 0.1) is 5.92 Å². The first-order chi connectivity index (χ1) is 8.66. The van der Waals surface area contributed by atoms with Gasteiger partial charge >= 0.3 is 0 Å². The topological polar surface area (TPSA) is 61.4 Å². The number of carbonyl (C=O) groups excluding carboxylic acids is 1. The van der Waals surface area contributed by atoms with Crippen LogP contribution in [-0.2, 0) is 4.79 Å². The lowest BCUT2D eigenvalue weighted by Gasteiger charge is -2.28. The average molecular weight is 254 g/mol. The molecule has 4 heteroatoms. The van der Waals surface area contributed by atoms with Crippen molar-refractivity contribution >= 4 is 5.91 Å². The molecule has 0 radical (unpaired) electrons. The van der Waals surface area contributed by atoms with Crippen LogP contribution in [0.3, 0.4) is 0 Å². The fraction of sp³-hybridized carbons (Fsp3) is 0.929. The number of carbonyl (C=O) groups is 1. The summed E-state index contributed by atoms with van der Waals surface area (Å²) in [4.78, 5) is 11.8. The highest BCUT2D eigenvalue weighted by Crippen LogP contribution is 2.27. The fourth-order valence-corrected chi connectivity index (χ4v) is 2.63. The summed E-state index contributed by atoms with van der Waals surface area (Å²) in [5, 5.41) is 16.2. The highest BCUT2D eigenvalue weighted by atomic mass is 16.3. The van der Waals surface area contributed by atoms with E-state index < -0.39 is 6.10 Å². The lowest BCUT2D eigenvalue weighted by Crippen LogP contribution is -2.50. The van der Waals surface area contributed by atoms with Gasteiger partial charge in [-0.1, -0.05) is 19.3 Å². The number of hydrogen-bond donors (Lipinski definition) is 3. The molecule has 2 atom stereocenters. The van der Waals surface area contributed by atoms with Crippen LogP contribution in [0.1, 0.15) is 51.9 Å².